The highest BCUT2D eigenvalue weighted by molar-refractivity contribution is 7.20. The smallest absolute Gasteiger partial charge is 0.264 e. The maximum Gasteiger partial charge on any atom is 0.264 e. The highest BCUT2D eigenvalue weighted by Gasteiger charge is 2.23. The van der Waals surface area contributed by atoms with Crippen LogP contribution in [0.2, 0.25) is 0 Å². The first kappa shape index (κ1) is 16.4. The van der Waals surface area contributed by atoms with Gasteiger partial charge in [-0.25, -0.2) is 0 Å². The molecule has 124 valence electrons. The third-order valence-corrected chi connectivity index (χ3v) is 5.51. The lowest BCUT2D eigenvalue weighted by Crippen LogP contribution is -2.49. The first-order valence-corrected chi connectivity index (χ1v) is 9.01. The number of likely N-dealkylation sites (N-methyl/N-ethyl adjacent to an activating group) is 1. The highest BCUT2D eigenvalue weighted by Crippen LogP contribution is 2.27. The molecule has 1 amide bonds. The zero-order valence-corrected chi connectivity index (χ0v) is 15.0. The second-order valence-electron chi connectivity index (χ2n) is 6.59. The van der Waals surface area contributed by atoms with E-state index in [-0.39, 0.29) is 5.91 Å². The molecule has 1 aliphatic rings. The molecule has 0 atom stereocenters. The largest absolute Gasteiger partial charge is 0.335 e. The van der Waals surface area contributed by atoms with Crippen molar-refractivity contribution in [2.45, 2.75) is 6.92 Å². The zero-order chi connectivity index (χ0) is 16.4. The standard InChI is InChI=1S/C18H25N3OS/c1-14-4-5-16-15(12-14)13-17(23-16)18(22)21-10-8-20(9-11-21)7-6-19(2)3/h4-5,12-13H,6-11H2,1-3H3. The predicted octanol–water partition coefficient (Wildman–Crippen LogP) is 2.53. The summed E-state index contributed by atoms with van der Waals surface area (Å²) in [6.07, 6.45) is 0. The first-order chi connectivity index (χ1) is 11.0. The Hall–Kier alpha value is -1.43. The number of nitrogens with zero attached hydrogens (tertiary/aromatic N) is 3. The number of hydrogen-bond donors (Lipinski definition) is 0. The van der Waals surface area contributed by atoms with Gasteiger partial charge in [-0.05, 0) is 38.5 Å². The Morgan fingerprint density at radius 1 is 1.17 bits per heavy atom. The van der Waals surface area contributed by atoms with Crippen LogP contribution in [-0.2, 0) is 0 Å². The van der Waals surface area contributed by atoms with Crippen LogP contribution in [-0.4, -0.2) is 74.0 Å². The third kappa shape index (κ3) is 3.91. The van der Waals surface area contributed by atoms with Crippen molar-refractivity contribution in [3.8, 4) is 0 Å². The van der Waals surface area contributed by atoms with Crippen LogP contribution in [0.4, 0.5) is 0 Å². The van der Waals surface area contributed by atoms with Crippen LogP contribution in [0.25, 0.3) is 10.1 Å². The Morgan fingerprint density at radius 3 is 2.61 bits per heavy atom. The van der Waals surface area contributed by atoms with Crippen LogP contribution in [0.5, 0.6) is 0 Å². The molecule has 0 saturated carbocycles. The Bertz CT molecular complexity index is 687. The van der Waals surface area contributed by atoms with E-state index in [0.717, 1.165) is 44.1 Å². The topological polar surface area (TPSA) is 26.8 Å². The van der Waals surface area contributed by atoms with Gasteiger partial charge in [0.15, 0.2) is 0 Å². The van der Waals surface area contributed by atoms with Crippen molar-refractivity contribution in [2.24, 2.45) is 0 Å². The number of rotatable bonds is 4. The quantitative estimate of drug-likeness (QED) is 0.861. The molecule has 4 nitrogen and oxygen atoms in total. The van der Waals surface area contributed by atoms with Gasteiger partial charge >= 0.3 is 0 Å². The average molecular weight is 331 g/mol. The van der Waals surface area contributed by atoms with E-state index < -0.39 is 0 Å². The lowest BCUT2D eigenvalue weighted by atomic mass is 10.2. The van der Waals surface area contributed by atoms with E-state index in [1.807, 2.05) is 11.0 Å². The molecule has 3 rings (SSSR count). The van der Waals surface area contributed by atoms with Crippen LogP contribution < -0.4 is 0 Å². The molecule has 1 saturated heterocycles. The van der Waals surface area contributed by atoms with E-state index in [9.17, 15) is 4.79 Å². The van der Waals surface area contributed by atoms with Gasteiger partial charge in [0, 0.05) is 44.0 Å². The average Bonchev–Trinajstić information content (AvgIpc) is 2.95. The Morgan fingerprint density at radius 2 is 1.91 bits per heavy atom. The van der Waals surface area contributed by atoms with Gasteiger partial charge in [0.2, 0.25) is 0 Å². The van der Waals surface area contributed by atoms with E-state index in [2.05, 4.69) is 49.0 Å². The fraction of sp³-hybridized carbons (Fsp3) is 0.500. The second kappa shape index (κ2) is 6.99. The first-order valence-electron chi connectivity index (χ1n) is 8.19. The van der Waals surface area contributed by atoms with Crippen molar-refractivity contribution in [3.05, 3.63) is 34.7 Å². The van der Waals surface area contributed by atoms with E-state index >= 15 is 0 Å². The monoisotopic (exact) mass is 331 g/mol. The van der Waals surface area contributed by atoms with Gasteiger partial charge in [-0.3, -0.25) is 9.69 Å². The number of thiophene rings is 1. The predicted molar refractivity (Wildman–Crippen MR) is 97.5 cm³/mol. The van der Waals surface area contributed by atoms with Gasteiger partial charge in [-0.1, -0.05) is 17.7 Å². The van der Waals surface area contributed by atoms with Crippen LogP contribution in [0.15, 0.2) is 24.3 Å². The highest BCUT2D eigenvalue weighted by atomic mass is 32.1. The lowest BCUT2D eigenvalue weighted by molar-refractivity contribution is 0.0634. The van der Waals surface area contributed by atoms with Crippen LogP contribution in [0, 0.1) is 6.92 Å². The van der Waals surface area contributed by atoms with Crippen molar-refractivity contribution in [1.82, 2.24) is 14.7 Å². The summed E-state index contributed by atoms with van der Waals surface area (Å²) in [6.45, 7) is 7.86. The molecule has 1 aromatic carbocycles. The number of carbonyl (C=O) groups excluding carboxylic acids is 1. The van der Waals surface area contributed by atoms with Crippen molar-refractivity contribution in [2.75, 3.05) is 53.4 Å². The summed E-state index contributed by atoms with van der Waals surface area (Å²) in [5.74, 6) is 0.191. The molecule has 0 spiro atoms. The Labute approximate surface area is 142 Å². The molecule has 0 aliphatic carbocycles. The maximum atomic E-state index is 12.7. The molecule has 1 aliphatic heterocycles. The molecular formula is C18H25N3OS. The molecule has 0 N–H and O–H groups in total. The fourth-order valence-electron chi connectivity index (χ4n) is 2.94. The summed E-state index contributed by atoms with van der Waals surface area (Å²) in [7, 11) is 4.20. The van der Waals surface area contributed by atoms with E-state index in [1.54, 1.807) is 11.3 Å². The molecule has 1 fully saturated rings. The van der Waals surface area contributed by atoms with Crippen molar-refractivity contribution < 1.29 is 4.79 Å². The van der Waals surface area contributed by atoms with Gasteiger partial charge in [0.25, 0.3) is 5.91 Å². The molecule has 5 heteroatoms. The number of amides is 1. The van der Waals surface area contributed by atoms with Crippen LogP contribution in [0.3, 0.4) is 0 Å². The van der Waals surface area contributed by atoms with Gasteiger partial charge < -0.3 is 9.80 Å². The minimum absolute atomic E-state index is 0.191. The molecule has 23 heavy (non-hydrogen) atoms. The summed E-state index contributed by atoms with van der Waals surface area (Å²) in [5, 5.41) is 1.18. The second-order valence-corrected chi connectivity index (χ2v) is 7.67. The fourth-order valence-corrected chi connectivity index (χ4v) is 3.95. The number of carbonyl (C=O) groups is 1. The molecule has 0 unspecified atom stereocenters. The van der Waals surface area contributed by atoms with E-state index in [4.69, 9.17) is 0 Å². The van der Waals surface area contributed by atoms with Crippen LogP contribution in [0.1, 0.15) is 15.2 Å². The summed E-state index contributed by atoms with van der Waals surface area (Å²) in [6, 6.07) is 8.43. The summed E-state index contributed by atoms with van der Waals surface area (Å²) < 4.78 is 1.20. The minimum Gasteiger partial charge on any atom is -0.335 e. The molecule has 2 aromatic rings. The molecular weight excluding hydrogens is 306 g/mol. The number of aryl methyl sites for hydroxylation is 1. The maximum absolute atomic E-state index is 12.7. The van der Waals surface area contributed by atoms with Gasteiger partial charge in [-0.2, -0.15) is 0 Å². The summed E-state index contributed by atoms with van der Waals surface area (Å²) >= 11 is 1.61. The number of fused-ring (bicyclic) bond motifs is 1. The Kier molecular flexibility index (Phi) is 4.99. The molecule has 0 radical (unpaired) electrons. The normalized spacial score (nSPS) is 16.4. The molecule has 0 bridgehead atoms. The van der Waals surface area contributed by atoms with Crippen molar-refractivity contribution in [3.63, 3.8) is 0 Å². The van der Waals surface area contributed by atoms with E-state index in [1.165, 1.54) is 15.6 Å². The number of hydrogen-bond acceptors (Lipinski definition) is 4. The molecule has 2 heterocycles. The summed E-state index contributed by atoms with van der Waals surface area (Å²) in [4.78, 5) is 20.3. The summed E-state index contributed by atoms with van der Waals surface area (Å²) in [5.41, 5.74) is 1.24. The Balaban J connectivity index is 1.62. The van der Waals surface area contributed by atoms with Gasteiger partial charge in [0.05, 0.1) is 4.88 Å². The van der Waals surface area contributed by atoms with Crippen molar-refractivity contribution >= 4 is 27.3 Å². The van der Waals surface area contributed by atoms with Gasteiger partial charge in [0.1, 0.15) is 0 Å². The van der Waals surface area contributed by atoms with Crippen LogP contribution >= 0.6 is 11.3 Å². The number of benzene rings is 1. The third-order valence-electron chi connectivity index (χ3n) is 4.41. The SMILES string of the molecule is Cc1ccc2sc(C(=O)N3CCN(CCN(C)C)CC3)cc2c1. The van der Waals surface area contributed by atoms with Crippen molar-refractivity contribution in [1.29, 1.82) is 0 Å². The lowest BCUT2D eigenvalue weighted by Gasteiger charge is -2.35. The minimum atomic E-state index is 0.191. The van der Waals surface area contributed by atoms with E-state index in [0.29, 0.717) is 0 Å². The molecule has 1 aromatic heterocycles. The van der Waals surface area contributed by atoms with Gasteiger partial charge in [-0.15, -0.1) is 11.3 Å². The number of piperazine rings is 1. The zero-order valence-electron chi connectivity index (χ0n) is 14.2.